The van der Waals surface area contributed by atoms with Crippen molar-refractivity contribution in [3.63, 3.8) is 0 Å². The van der Waals surface area contributed by atoms with Gasteiger partial charge in [-0.1, -0.05) is 0 Å². The quantitative estimate of drug-likeness (QED) is 0.105. The lowest BCUT2D eigenvalue weighted by atomic mass is 9.35. The Morgan fingerprint density at radius 1 is 0.143 bits per heavy atom. The van der Waals surface area contributed by atoms with Crippen molar-refractivity contribution < 1.29 is 79.0 Å². The Hall–Kier alpha value is -8.28. The fourth-order valence-electron chi connectivity index (χ4n) is 27.5. The van der Waals surface area contributed by atoms with E-state index in [4.69, 9.17) is 0 Å². The largest absolute Gasteiger partial charge is 0.406 e. The summed E-state index contributed by atoms with van der Waals surface area (Å²) in [5, 5.41) is -0.0346. The summed E-state index contributed by atoms with van der Waals surface area (Å²) in [7, 11) is 0. The molecule has 32 rings (SSSR count). The van der Waals surface area contributed by atoms with Crippen LogP contribution in [0.2, 0.25) is 0 Å². The Morgan fingerprint density at radius 3 is 0.452 bits per heavy atom. The van der Waals surface area contributed by atoms with Crippen LogP contribution in [-0.2, 0) is 27.1 Å². The lowest BCUT2D eigenvalue weighted by Crippen LogP contribution is -2.75. The predicted octanol–water partition coefficient (Wildman–Crippen LogP) is 19.6. The molecule has 0 heterocycles. The van der Waals surface area contributed by atoms with E-state index in [2.05, 4.69) is 0 Å². The summed E-state index contributed by atoms with van der Waals surface area (Å²) in [6.07, 6.45) is -39.7. The van der Waals surface area contributed by atoms with Crippen LogP contribution in [0, 0.1) is 5.41 Å². The van der Waals surface area contributed by atoms with Crippen LogP contribution in [0.3, 0.4) is 0 Å². The van der Waals surface area contributed by atoms with E-state index in [-0.39, 0.29) is 86.2 Å². The van der Waals surface area contributed by atoms with Gasteiger partial charge >= 0.3 is 37.1 Å². The maximum atomic E-state index is 19.3. The highest BCUT2D eigenvalue weighted by Gasteiger charge is 3.00. The summed E-state index contributed by atoms with van der Waals surface area (Å²) in [5.41, 5.74) is -55.1. The second-order valence-electron chi connectivity index (χ2n) is 27.7. The van der Waals surface area contributed by atoms with Gasteiger partial charge in [-0.3, -0.25) is 0 Å². The van der Waals surface area contributed by atoms with Crippen LogP contribution in [-0.4, -0.2) is 37.1 Å². The lowest BCUT2D eigenvalue weighted by molar-refractivity contribution is -0.298. The third-order valence-electron chi connectivity index (χ3n) is 27.4. The molecule has 0 amide bonds. The molecule has 0 saturated carbocycles. The molecule has 18 heteroatoms. The molecular weight excluding hydrogens is 1130 g/mol. The third-order valence-corrected chi connectivity index (χ3v) is 27.4. The zero-order valence-electron chi connectivity index (χ0n) is 39.8. The number of halogens is 18. The first-order valence-corrected chi connectivity index (χ1v) is 27.4. The van der Waals surface area contributed by atoms with Crippen molar-refractivity contribution in [1.29, 1.82) is 0 Å². The van der Waals surface area contributed by atoms with E-state index in [0.29, 0.717) is 75.4 Å². The van der Waals surface area contributed by atoms with E-state index in [9.17, 15) is 0 Å². The van der Waals surface area contributed by atoms with Crippen molar-refractivity contribution in [3.8, 4) is 0 Å². The maximum Gasteiger partial charge on any atom is 0.406 e. The number of hydrogen-bond donors (Lipinski definition) is 0. The second kappa shape index (κ2) is 7.97. The van der Waals surface area contributed by atoms with Crippen LogP contribution < -0.4 is 0 Å². The number of alkyl halides is 18. The zero-order chi connectivity index (χ0) is 55.2. The van der Waals surface area contributed by atoms with E-state index < -0.39 is 201 Å². The molecule has 21 aromatic carbocycles. The monoisotopic (exact) mass is 1130 g/mol. The molecule has 0 nitrogen and oxygen atoms in total. The van der Waals surface area contributed by atoms with Gasteiger partial charge in [-0.15, -0.1) is 0 Å². The van der Waals surface area contributed by atoms with Crippen molar-refractivity contribution in [2.75, 3.05) is 0 Å². The number of benzene rings is 15. The molecule has 0 saturated heterocycles. The van der Waals surface area contributed by atoms with Crippen molar-refractivity contribution in [3.05, 3.63) is 77.9 Å². The first-order valence-electron chi connectivity index (χ1n) is 27.4. The fraction of sp³-hybridized carbons (Fsp3) is 0.182. The highest BCUT2D eigenvalue weighted by Crippen LogP contribution is 2.98. The molecule has 0 radical (unpaired) electrons. The zero-order valence-corrected chi connectivity index (χ0v) is 39.8. The fourth-order valence-corrected chi connectivity index (χ4v) is 27.5. The van der Waals surface area contributed by atoms with Gasteiger partial charge in [0.15, 0.2) is 0 Å². The Bertz CT molecular complexity index is 7030. The van der Waals surface area contributed by atoms with Gasteiger partial charge in [-0.2, -0.15) is 79.0 Å². The van der Waals surface area contributed by atoms with E-state index in [0.717, 1.165) is 0 Å². The SMILES string of the molecule is FC(F)(F)C12C3=C4C5(C(F)(F)F)c6c1c1c7c2c2c8c9c%10c%11c%12c%13c%14c%15c%16c%17c(c5c5c6c6c1c1c%18c7c8c7c8c9c%12c9c%12c%13c%16c%13c%16c%17c5c5c6c1c1c(c%187)c(c89)c(c%12%13)c1c5%16)C%15(C(F)(F)F)C4(C(F)(F)F)C(=C3C2%10C(F)(F)F)C%11%14C(F)(F)F. The van der Waals surface area contributed by atoms with Crippen molar-refractivity contribution >= 4 is 215 Å². The normalized spacial score (nSPS) is 30.2. The van der Waals surface area contributed by atoms with Gasteiger partial charge in [0.25, 0.3) is 0 Å². The highest BCUT2D eigenvalue weighted by atomic mass is 19.4. The van der Waals surface area contributed by atoms with E-state index in [1.807, 2.05) is 0 Å². The molecule has 0 spiro atoms. The first kappa shape index (κ1) is 37.8. The molecular formula is C66F18. The molecule has 4 unspecified atom stereocenters. The van der Waals surface area contributed by atoms with Crippen LogP contribution in [0.25, 0.3) is 215 Å². The molecule has 21 aromatic rings. The highest BCUT2D eigenvalue weighted by molar-refractivity contribution is 6.77. The molecule has 0 aromatic heterocycles. The standard InChI is InChI=1S/C66F18/c67-61(68,69)55-41-31-21-11-6-1-2-4-5-3(1)8-14-12(6)22(21)32-34-24(14)26-16(8)18-10(5)20-19-9(4)17-15-7(2)13(11)23-25(15)35-37-27(17)29(19)39-40-30(20)28(18)38-36(26)46-44(34)56(42(32)41,62(70,71)72)52-51(55)53-57(63(73,74)75,45(35)43(55)33(23)31)47(37)49(39)59(65(79,80)81)50(40)48(38)58(46,64(76,77)78)54(52)60(53,59)66(82,83)84. The number of hydrogen-bond acceptors (Lipinski definition) is 0. The third kappa shape index (κ3) is 1.99. The Kier molecular flexibility index (Phi) is 3.59. The van der Waals surface area contributed by atoms with Gasteiger partial charge in [-0.05, 0) is 293 Å². The van der Waals surface area contributed by atoms with Crippen molar-refractivity contribution in [2.24, 2.45) is 5.41 Å². The van der Waals surface area contributed by atoms with Crippen LogP contribution in [0.4, 0.5) is 79.0 Å². The Balaban J connectivity index is 1.18. The van der Waals surface area contributed by atoms with Crippen LogP contribution in [0.15, 0.2) is 22.3 Å². The minimum Gasteiger partial charge on any atom is -0.170 e. The van der Waals surface area contributed by atoms with Crippen LogP contribution >= 0.6 is 0 Å². The minimum atomic E-state index is -7.19. The van der Waals surface area contributed by atoms with Crippen molar-refractivity contribution in [1.82, 2.24) is 0 Å². The first-order chi connectivity index (χ1) is 39.7. The van der Waals surface area contributed by atoms with E-state index in [1.54, 1.807) is 0 Å². The minimum absolute atomic E-state index is 0.0722. The molecule has 84 heavy (non-hydrogen) atoms. The number of rotatable bonds is 0. The number of allylic oxidation sites excluding steroid dienone is 4. The van der Waals surface area contributed by atoms with Gasteiger partial charge in [0.1, 0.15) is 32.5 Å². The second-order valence-corrected chi connectivity index (χ2v) is 27.7. The summed E-state index contributed by atoms with van der Waals surface area (Å²) < 4.78 is 344. The Morgan fingerprint density at radius 2 is 0.286 bits per heavy atom. The molecule has 4 atom stereocenters. The molecule has 0 N–H and O–H groups in total. The summed E-state index contributed by atoms with van der Waals surface area (Å²) >= 11 is 0. The predicted molar refractivity (Wildman–Crippen MR) is 275 cm³/mol. The molecule has 0 aliphatic heterocycles. The van der Waals surface area contributed by atoms with E-state index >= 15 is 79.0 Å². The van der Waals surface area contributed by atoms with Crippen LogP contribution in [0.5, 0.6) is 0 Å². The average molecular weight is 1130 g/mol. The smallest absolute Gasteiger partial charge is 0.170 e. The van der Waals surface area contributed by atoms with Gasteiger partial charge < -0.3 is 0 Å². The maximum absolute atomic E-state index is 19.3. The molecule has 11 aliphatic carbocycles. The molecule has 0 fully saturated rings. The topological polar surface area (TPSA) is 0 Å². The van der Waals surface area contributed by atoms with Crippen molar-refractivity contribution in [2.45, 2.75) is 64.1 Å². The molecule has 11 aliphatic rings. The van der Waals surface area contributed by atoms with Gasteiger partial charge in [-0.25, -0.2) is 0 Å². The summed E-state index contributed by atoms with van der Waals surface area (Å²) in [5.74, 6) is 0. The van der Waals surface area contributed by atoms with Crippen LogP contribution in [0.1, 0.15) is 55.6 Å². The summed E-state index contributed by atoms with van der Waals surface area (Å²) in [6.45, 7) is 0. The lowest BCUT2D eigenvalue weighted by Gasteiger charge is -2.65. The summed E-state index contributed by atoms with van der Waals surface area (Å²) in [6, 6.07) is 0. The molecule has 0 bridgehead atoms. The van der Waals surface area contributed by atoms with Gasteiger partial charge in [0.05, 0.1) is 0 Å². The van der Waals surface area contributed by atoms with Gasteiger partial charge in [0, 0.05) is 0 Å². The van der Waals surface area contributed by atoms with E-state index in [1.165, 1.54) is 0 Å². The van der Waals surface area contributed by atoms with Gasteiger partial charge in [0.2, 0.25) is 0 Å². The average Bonchev–Trinajstić information content (AvgIpc) is 1.36. The molecule has 390 valence electrons. The Labute approximate surface area is 440 Å². The summed E-state index contributed by atoms with van der Waals surface area (Å²) in [4.78, 5) is 0.